The maximum absolute atomic E-state index is 12.4. The van der Waals surface area contributed by atoms with Gasteiger partial charge in [-0.15, -0.1) is 0 Å². The van der Waals surface area contributed by atoms with Crippen LogP contribution in [0, 0.1) is 0 Å². The molecule has 0 aliphatic heterocycles. The Morgan fingerprint density at radius 3 is 2.56 bits per heavy atom. The lowest BCUT2D eigenvalue weighted by Crippen LogP contribution is -2.13. The number of nitrogens with one attached hydrogen (secondary N) is 1. The fourth-order valence-electron chi connectivity index (χ4n) is 2.22. The standard InChI is InChI=1S/C19H14BrF2NO4/c20-12-5-7-13(8-6-12)25-11-14-9-10-17(26-14)18(24)23-15-3-1-2-4-16(15)27-19(21)22/h1-10,19H,11H2,(H,23,24). The third kappa shape index (κ3) is 5.30. The highest BCUT2D eigenvalue weighted by atomic mass is 79.9. The zero-order chi connectivity index (χ0) is 19.2. The molecule has 5 nitrogen and oxygen atoms in total. The van der Waals surface area contributed by atoms with Crippen molar-refractivity contribution >= 4 is 27.5 Å². The number of alkyl halides is 2. The number of carbonyl (C=O) groups excluding carboxylic acids is 1. The Hall–Kier alpha value is -2.87. The molecule has 2 aromatic carbocycles. The summed E-state index contributed by atoms with van der Waals surface area (Å²) in [5.74, 6) is 0.400. The molecule has 0 aliphatic carbocycles. The number of rotatable bonds is 7. The van der Waals surface area contributed by atoms with E-state index in [0.29, 0.717) is 11.5 Å². The van der Waals surface area contributed by atoms with Gasteiger partial charge in [0.25, 0.3) is 5.91 Å². The number of carbonyl (C=O) groups is 1. The van der Waals surface area contributed by atoms with Gasteiger partial charge >= 0.3 is 6.61 Å². The van der Waals surface area contributed by atoms with Crippen LogP contribution in [0.25, 0.3) is 0 Å². The quantitative estimate of drug-likeness (QED) is 0.531. The second-order valence-electron chi connectivity index (χ2n) is 5.34. The molecule has 1 N–H and O–H groups in total. The van der Waals surface area contributed by atoms with Crippen molar-refractivity contribution in [2.75, 3.05) is 5.32 Å². The summed E-state index contributed by atoms with van der Waals surface area (Å²) >= 11 is 3.34. The van der Waals surface area contributed by atoms with Crippen molar-refractivity contribution in [3.63, 3.8) is 0 Å². The number of hydrogen-bond acceptors (Lipinski definition) is 4. The normalized spacial score (nSPS) is 10.7. The molecule has 3 rings (SSSR count). The second kappa shape index (κ2) is 8.68. The summed E-state index contributed by atoms with van der Waals surface area (Å²) in [5, 5.41) is 2.49. The number of ether oxygens (including phenoxy) is 2. The van der Waals surface area contributed by atoms with Gasteiger partial charge in [0.05, 0.1) is 5.69 Å². The molecule has 140 valence electrons. The van der Waals surface area contributed by atoms with E-state index in [9.17, 15) is 13.6 Å². The van der Waals surface area contributed by atoms with Gasteiger partial charge in [0.1, 0.15) is 23.9 Å². The Labute approximate surface area is 162 Å². The monoisotopic (exact) mass is 437 g/mol. The first-order chi connectivity index (χ1) is 13.0. The zero-order valence-electron chi connectivity index (χ0n) is 13.8. The van der Waals surface area contributed by atoms with E-state index in [1.807, 2.05) is 12.1 Å². The van der Waals surface area contributed by atoms with Crippen LogP contribution in [0.3, 0.4) is 0 Å². The summed E-state index contributed by atoms with van der Waals surface area (Å²) in [4.78, 5) is 12.3. The summed E-state index contributed by atoms with van der Waals surface area (Å²) in [7, 11) is 0. The molecule has 0 fully saturated rings. The molecule has 27 heavy (non-hydrogen) atoms. The van der Waals surface area contributed by atoms with Crippen LogP contribution in [0.5, 0.6) is 11.5 Å². The average molecular weight is 438 g/mol. The van der Waals surface area contributed by atoms with E-state index in [0.717, 1.165) is 4.47 Å². The minimum atomic E-state index is -2.99. The van der Waals surface area contributed by atoms with E-state index in [1.54, 1.807) is 24.3 Å². The average Bonchev–Trinajstić information content (AvgIpc) is 3.12. The largest absolute Gasteiger partial charge is 0.486 e. The molecule has 1 aromatic heterocycles. The Bertz CT molecular complexity index is 912. The van der Waals surface area contributed by atoms with Crippen LogP contribution in [-0.4, -0.2) is 12.5 Å². The minimum absolute atomic E-state index is 0.0243. The Kier molecular flexibility index (Phi) is 6.08. The molecule has 8 heteroatoms. The SMILES string of the molecule is O=C(Nc1ccccc1OC(F)F)c1ccc(COc2ccc(Br)cc2)o1. The van der Waals surface area contributed by atoms with Crippen molar-refractivity contribution in [2.45, 2.75) is 13.2 Å². The van der Waals surface area contributed by atoms with Crippen LogP contribution >= 0.6 is 15.9 Å². The summed E-state index contributed by atoms with van der Waals surface area (Å²) in [6.45, 7) is -2.85. The molecule has 0 bridgehead atoms. The van der Waals surface area contributed by atoms with Gasteiger partial charge in [-0.3, -0.25) is 4.79 Å². The number of furan rings is 1. The molecule has 0 aliphatic rings. The zero-order valence-corrected chi connectivity index (χ0v) is 15.4. The van der Waals surface area contributed by atoms with Crippen molar-refractivity contribution in [1.29, 1.82) is 0 Å². The number of amides is 1. The molecule has 3 aromatic rings. The maximum Gasteiger partial charge on any atom is 0.387 e. The first-order valence-electron chi connectivity index (χ1n) is 7.83. The highest BCUT2D eigenvalue weighted by molar-refractivity contribution is 9.10. The van der Waals surface area contributed by atoms with Crippen molar-refractivity contribution in [2.24, 2.45) is 0 Å². The van der Waals surface area contributed by atoms with E-state index in [1.165, 1.54) is 24.3 Å². The first-order valence-corrected chi connectivity index (χ1v) is 8.63. The van der Waals surface area contributed by atoms with E-state index in [2.05, 4.69) is 26.0 Å². The van der Waals surface area contributed by atoms with Gasteiger partial charge in [-0.25, -0.2) is 0 Å². The molecule has 1 amide bonds. The van der Waals surface area contributed by atoms with E-state index in [4.69, 9.17) is 9.15 Å². The van der Waals surface area contributed by atoms with Gasteiger partial charge in [0.15, 0.2) is 5.76 Å². The van der Waals surface area contributed by atoms with Gasteiger partial charge < -0.3 is 19.2 Å². The fraction of sp³-hybridized carbons (Fsp3) is 0.105. The van der Waals surface area contributed by atoms with Gasteiger partial charge in [0, 0.05) is 4.47 Å². The van der Waals surface area contributed by atoms with E-state index in [-0.39, 0.29) is 23.8 Å². The van der Waals surface area contributed by atoms with Crippen molar-refractivity contribution in [3.8, 4) is 11.5 Å². The molecule has 0 unspecified atom stereocenters. The molecule has 0 saturated carbocycles. The summed E-state index contributed by atoms with van der Waals surface area (Å²) in [6, 6.07) is 16.3. The molecular weight excluding hydrogens is 424 g/mol. The number of anilines is 1. The lowest BCUT2D eigenvalue weighted by Gasteiger charge is -2.10. The Morgan fingerprint density at radius 2 is 1.81 bits per heavy atom. The smallest absolute Gasteiger partial charge is 0.387 e. The number of halogens is 3. The molecule has 0 spiro atoms. The highest BCUT2D eigenvalue weighted by Crippen LogP contribution is 2.26. The predicted octanol–water partition coefficient (Wildman–Crippen LogP) is 5.47. The summed E-state index contributed by atoms with van der Waals surface area (Å²) in [6.07, 6.45) is 0. The van der Waals surface area contributed by atoms with Crippen LogP contribution < -0.4 is 14.8 Å². The Balaban J connectivity index is 1.62. The molecule has 1 heterocycles. The maximum atomic E-state index is 12.4. The lowest BCUT2D eigenvalue weighted by molar-refractivity contribution is -0.0493. The molecule has 0 atom stereocenters. The van der Waals surface area contributed by atoms with Gasteiger partial charge in [-0.05, 0) is 48.5 Å². The number of hydrogen-bond donors (Lipinski definition) is 1. The molecular formula is C19H14BrF2NO4. The van der Waals surface area contributed by atoms with Crippen LogP contribution in [0.15, 0.2) is 69.6 Å². The van der Waals surface area contributed by atoms with E-state index >= 15 is 0 Å². The number of benzene rings is 2. The molecule has 0 saturated heterocycles. The fourth-order valence-corrected chi connectivity index (χ4v) is 2.48. The third-order valence-electron chi connectivity index (χ3n) is 3.43. The van der Waals surface area contributed by atoms with E-state index < -0.39 is 12.5 Å². The van der Waals surface area contributed by atoms with Crippen molar-refractivity contribution in [1.82, 2.24) is 0 Å². The van der Waals surface area contributed by atoms with Crippen LogP contribution in [0.2, 0.25) is 0 Å². The minimum Gasteiger partial charge on any atom is -0.486 e. The van der Waals surface area contributed by atoms with Crippen molar-refractivity contribution < 1.29 is 27.5 Å². The summed E-state index contributed by atoms with van der Waals surface area (Å²) in [5.41, 5.74) is 0.117. The molecule has 0 radical (unpaired) electrons. The first kappa shape index (κ1) is 18.9. The summed E-state index contributed by atoms with van der Waals surface area (Å²) < 4.78 is 41.2. The Morgan fingerprint density at radius 1 is 1.07 bits per heavy atom. The van der Waals surface area contributed by atoms with Crippen molar-refractivity contribution in [3.05, 3.63) is 76.7 Å². The lowest BCUT2D eigenvalue weighted by atomic mass is 10.3. The topological polar surface area (TPSA) is 60.7 Å². The second-order valence-corrected chi connectivity index (χ2v) is 6.25. The van der Waals surface area contributed by atoms with Crippen LogP contribution in [-0.2, 0) is 6.61 Å². The van der Waals surface area contributed by atoms with Gasteiger partial charge in [0.2, 0.25) is 0 Å². The van der Waals surface area contributed by atoms with Crippen LogP contribution in [0.4, 0.5) is 14.5 Å². The third-order valence-corrected chi connectivity index (χ3v) is 3.96. The van der Waals surface area contributed by atoms with Gasteiger partial charge in [-0.2, -0.15) is 8.78 Å². The predicted molar refractivity (Wildman–Crippen MR) is 98.2 cm³/mol. The number of para-hydroxylation sites is 2. The highest BCUT2D eigenvalue weighted by Gasteiger charge is 2.15. The van der Waals surface area contributed by atoms with Crippen LogP contribution in [0.1, 0.15) is 16.3 Å². The van der Waals surface area contributed by atoms with Gasteiger partial charge in [-0.1, -0.05) is 28.1 Å².